The molecule has 0 aliphatic heterocycles. The number of halogens is 1. The van der Waals surface area contributed by atoms with Gasteiger partial charge in [-0.05, 0) is 12.3 Å². The molecule has 0 aliphatic rings. The van der Waals surface area contributed by atoms with Gasteiger partial charge in [0.15, 0.2) is 0 Å². The fraction of sp³-hybridized carbons (Fsp3) is 1.00. The van der Waals surface area contributed by atoms with Gasteiger partial charge in [0, 0.05) is 12.0 Å². The maximum absolute atomic E-state index is 8.50. The van der Waals surface area contributed by atoms with E-state index in [2.05, 4.69) is 13.8 Å². The number of alkyl halides is 1. The SMILES string of the molecule is CCC(C)C(Cl)CCO. The lowest BCUT2D eigenvalue weighted by Gasteiger charge is -2.13. The molecule has 0 bridgehead atoms. The molecule has 0 heterocycles. The largest absolute Gasteiger partial charge is 0.396 e. The zero-order valence-electron chi connectivity index (χ0n) is 6.10. The molecule has 0 saturated carbocycles. The maximum Gasteiger partial charge on any atom is 0.0445 e. The Kier molecular flexibility index (Phi) is 5.21. The van der Waals surface area contributed by atoms with Gasteiger partial charge in [0.05, 0.1) is 0 Å². The second-order valence-corrected chi connectivity index (χ2v) is 2.97. The van der Waals surface area contributed by atoms with Crippen molar-refractivity contribution in [2.24, 2.45) is 5.92 Å². The van der Waals surface area contributed by atoms with Gasteiger partial charge in [-0.25, -0.2) is 0 Å². The van der Waals surface area contributed by atoms with Crippen LogP contribution in [0.4, 0.5) is 0 Å². The maximum atomic E-state index is 8.50. The van der Waals surface area contributed by atoms with E-state index >= 15 is 0 Å². The standard InChI is InChI=1S/C7H15ClO/c1-3-6(2)7(8)4-5-9/h6-7,9H,3-5H2,1-2H3. The summed E-state index contributed by atoms with van der Waals surface area (Å²) >= 11 is 5.87. The molecule has 56 valence electrons. The predicted octanol–water partition coefficient (Wildman–Crippen LogP) is 2.02. The van der Waals surface area contributed by atoms with E-state index in [9.17, 15) is 0 Å². The molecular formula is C7H15ClO. The van der Waals surface area contributed by atoms with Crippen LogP contribution in [0.5, 0.6) is 0 Å². The fourth-order valence-electron chi connectivity index (χ4n) is 0.664. The van der Waals surface area contributed by atoms with Crippen LogP contribution in [0.15, 0.2) is 0 Å². The highest BCUT2D eigenvalue weighted by Crippen LogP contribution is 2.16. The third kappa shape index (κ3) is 3.77. The molecule has 2 heteroatoms. The van der Waals surface area contributed by atoms with Crippen molar-refractivity contribution in [1.29, 1.82) is 0 Å². The normalized spacial score (nSPS) is 17.3. The first-order chi connectivity index (χ1) is 4.22. The minimum absolute atomic E-state index is 0.153. The molecule has 1 nitrogen and oxygen atoms in total. The molecule has 0 aromatic heterocycles. The Morgan fingerprint density at radius 2 is 2.11 bits per heavy atom. The van der Waals surface area contributed by atoms with Crippen molar-refractivity contribution in [3.8, 4) is 0 Å². The summed E-state index contributed by atoms with van der Waals surface area (Å²) in [6.07, 6.45) is 1.81. The Bertz CT molecular complexity index is 65.9. The highest BCUT2D eigenvalue weighted by molar-refractivity contribution is 6.20. The molecule has 1 N–H and O–H groups in total. The Morgan fingerprint density at radius 3 is 2.44 bits per heavy atom. The smallest absolute Gasteiger partial charge is 0.0445 e. The number of hydrogen-bond acceptors (Lipinski definition) is 1. The number of rotatable bonds is 4. The van der Waals surface area contributed by atoms with E-state index in [1.807, 2.05) is 0 Å². The molecule has 0 amide bonds. The van der Waals surface area contributed by atoms with Gasteiger partial charge >= 0.3 is 0 Å². The molecule has 0 radical (unpaired) electrons. The third-order valence-corrected chi connectivity index (χ3v) is 2.31. The summed E-state index contributed by atoms with van der Waals surface area (Å²) in [6, 6.07) is 0. The average molecular weight is 151 g/mol. The molecule has 2 atom stereocenters. The van der Waals surface area contributed by atoms with Crippen molar-refractivity contribution in [2.45, 2.75) is 32.1 Å². The molecule has 0 fully saturated rings. The van der Waals surface area contributed by atoms with Crippen molar-refractivity contribution in [3.05, 3.63) is 0 Å². The van der Waals surface area contributed by atoms with Crippen LogP contribution in [0, 0.1) is 5.92 Å². The van der Waals surface area contributed by atoms with Crippen LogP contribution in [0.1, 0.15) is 26.7 Å². The summed E-state index contributed by atoms with van der Waals surface area (Å²) in [6.45, 7) is 4.42. The van der Waals surface area contributed by atoms with E-state index in [0.717, 1.165) is 12.8 Å². The number of aliphatic hydroxyl groups is 1. The van der Waals surface area contributed by atoms with Gasteiger partial charge in [-0.2, -0.15) is 0 Å². The van der Waals surface area contributed by atoms with Gasteiger partial charge in [0.1, 0.15) is 0 Å². The summed E-state index contributed by atoms with van der Waals surface area (Å²) in [5.41, 5.74) is 0. The first kappa shape index (κ1) is 9.25. The van der Waals surface area contributed by atoms with Gasteiger partial charge in [-0.15, -0.1) is 11.6 Å². The molecule has 9 heavy (non-hydrogen) atoms. The van der Waals surface area contributed by atoms with Crippen molar-refractivity contribution in [1.82, 2.24) is 0 Å². The Morgan fingerprint density at radius 1 is 1.56 bits per heavy atom. The van der Waals surface area contributed by atoms with Crippen LogP contribution >= 0.6 is 11.6 Å². The van der Waals surface area contributed by atoms with Crippen LogP contribution in [0.2, 0.25) is 0 Å². The van der Waals surface area contributed by atoms with Crippen LogP contribution in [0.3, 0.4) is 0 Å². The monoisotopic (exact) mass is 150 g/mol. The van der Waals surface area contributed by atoms with Crippen LogP contribution in [-0.2, 0) is 0 Å². The van der Waals surface area contributed by atoms with Crippen molar-refractivity contribution >= 4 is 11.6 Å². The van der Waals surface area contributed by atoms with Crippen LogP contribution in [-0.4, -0.2) is 17.1 Å². The molecule has 0 rings (SSSR count). The fourth-order valence-corrected chi connectivity index (χ4v) is 0.939. The topological polar surface area (TPSA) is 20.2 Å². The zero-order valence-corrected chi connectivity index (χ0v) is 6.86. The lowest BCUT2D eigenvalue weighted by atomic mass is 10.0. The molecule has 0 spiro atoms. The summed E-state index contributed by atoms with van der Waals surface area (Å²) in [7, 11) is 0. The van der Waals surface area contributed by atoms with Gasteiger partial charge in [0.25, 0.3) is 0 Å². The van der Waals surface area contributed by atoms with Crippen molar-refractivity contribution in [2.75, 3.05) is 6.61 Å². The molecule has 0 saturated heterocycles. The molecule has 0 aromatic carbocycles. The van der Waals surface area contributed by atoms with E-state index in [1.54, 1.807) is 0 Å². The molecule has 0 aliphatic carbocycles. The van der Waals surface area contributed by atoms with Crippen LogP contribution in [0.25, 0.3) is 0 Å². The van der Waals surface area contributed by atoms with Gasteiger partial charge < -0.3 is 5.11 Å². The predicted molar refractivity (Wildman–Crippen MR) is 40.8 cm³/mol. The highest BCUT2D eigenvalue weighted by atomic mass is 35.5. The van der Waals surface area contributed by atoms with Crippen LogP contribution < -0.4 is 0 Å². The minimum atomic E-state index is 0.153. The lowest BCUT2D eigenvalue weighted by Crippen LogP contribution is -2.11. The van der Waals surface area contributed by atoms with E-state index in [-0.39, 0.29) is 12.0 Å². The number of aliphatic hydroxyl groups excluding tert-OH is 1. The Balaban J connectivity index is 3.32. The Hall–Kier alpha value is 0.250. The van der Waals surface area contributed by atoms with E-state index < -0.39 is 0 Å². The van der Waals surface area contributed by atoms with Crippen molar-refractivity contribution < 1.29 is 5.11 Å². The minimum Gasteiger partial charge on any atom is -0.396 e. The summed E-state index contributed by atoms with van der Waals surface area (Å²) in [4.78, 5) is 0. The van der Waals surface area contributed by atoms with E-state index in [1.165, 1.54) is 0 Å². The highest BCUT2D eigenvalue weighted by Gasteiger charge is 2.10. The van der Waals surface area contributed by atoms with E-state index in [0.29, 0.717) is 5.92 Å². The summed E-state index contributed by atoms with van der Waals surface area (Å²) in [5.74, 6) is 0.527. The van der Waals surface area contributed by atoms with Gasteiger partial charge in [-0.1, -0.05) is 20.3 Å². The summed E-state index contributed by atoms with van der Waals surface area (Å²) < 4.78 is 0. The first-order valence-electron chi connectivity index (χ1n) is 3.47. The quantitative estimate of drug-likeness (QED) is 0.608. The van der Waals surface area contributed by atoms with Crippen molar-refractivity contribution in [3.63, 3.8) is 0 Å². The average Bonchev–Trinajstić information content (AvgIpc) is 1.87. The second-order valence-electron chi connectivity index (χ2n) is 2.41. The van der Waals surface area contributed by atoms with Gasteiger partial charge in [0.2, 0.25) is 0 Å². The molecular weight excluding hydrogens is 136 g/mol. The van der Waals surface area contributed by atoms with Gasteiger partial charge in [-0.3, -0.25) is 0 Å². The van der Waals surface area contributed by atoms with E-state index in [4.69, 9.17) is 16.7 Å². The second kappa shape index (κ2) is 5.07. The first-order valence-corrected chi connectivity index (χ1v) is 3.91. The third-order valence-electron chi connectivity index (χ3n) is 1.67. The zero-order chi connectivity index (χ0) is 7.28. The lowest BCUT2D eigenvalue weighted by molar-refractivity contribution is 0.275. The molecule has 2 unspecified atom stereocenters. The molecule has 0 aromatic rings. The summed E-state index contributed by atoms with van der Waals surface area (Å²) in [5, 5.41) is 8.65. The number of hydrogen-bond donors (Lipinski definition) is 1. The Labute approximate surface area is 62.0 Å².